The third-order valence-corrected chi connectivity index (χ3v) is 2.48. The fourth-order valence-corrected chi connectivity index (χ4v) is 1.63. The number of carbonyl (C=O) groups excluding carboxylic acids is 1. The van der Waals surface area contributed by atoms with Crippen molar-refractivity contribution >= 4 is 5.78 Å². The van der Waals surface area contributed by atoms with E-state index < -0.39 is 35.4 Å². The van der Waals surface area contributed by atoms with Crippen LogP contribution < -0.4 is 4.74 Å². The number of Topliss-reactive ketones (excluding diaryl/α,β-unsaturated/α-hetero) is 1. The summed E-state index contributed by atoms with van der Waals surface area (Å²) in [6.07, 6.45) is -4.66. The number of ether oxygens (including phenoxy) is 1. The van der Waals surface area contributed by atoms with Crippen LogP contribution in [0, 0.1) is 0 Å². The van der Waals surface area contributed by atoms with Gasteiger partial charge >= 0.3 is 12.8 Å². The molecular formula is C12H11F5O2. The lowest BCUT2D eigenvalue weighted by molar-refractivity contribution is -0.138. The van der Waals surface area contributed by atoms with Crippen LogP contribution in [0.1, 0.15) is 35.3 Å². The summed E-state index contributed by atoms with van der Waals surface area (Å²) < 4.78 is 66.8. The zero-order valence-electron chi connectivity index (χ0n) is 10.1. The number of ketones is 1. The quantitative estimate of drug-likeness (QED) is 0.614. The molecule has 2 nitrogen and oxygen atoms in total. The van der Waals surface area contributed by atoms with Gasteiger partial charge in [0.1, 0.15) is 5.75 Å². The maximum absolute atomic E-state index is 12.8. The highest BCUT2D eigenvalue weighted by Crippen LogP contribution is 2.36. The Balaban J connectivity index is 3.46. The lowest BCUT2D eigenvalue weighted by Gasteiger charge is -2.16. The minimum absolute atomic E-state index is 0.0300. The second-order valence-corrected chi connectivity index (χ2v) is 3.79. The summed E-state index contributed by atoms with van der Waals surface area (Å²) in [5, 5.41) is 0. The predicted octanol–water partition coefficient (Wildman–Crippen LogP) is 4.07. The first-order valence-corrected chi connectivity index (χ1v) is 5.36. The molecule has 19 heavy (non-hydrogen) atoms. The second-order valence-electron chi connectivity index (χ2n) is 3.79. The van der Waals surface area contributed by atoms with Crippen LogP contribution in [-0.2, 0) is 12.6 Å². The number of halogens is 5. The Kier molecular flexibility index (Phi) is 4.49. The molecule has 1 rings (SSSR count). The Morgan fingerprint density at radius 2 is 1.89 bits per heavy atom. The Hall–Kier alpha value is -1.66. The van der Waals surface area contributed by atoms with Gasteiger partial charge in [0.25, 0.3) is 0 Å². The van der Waals surface area contributed by atoms with Crippen LogP contribution in [0.3, 0.4) is 0 Å². The maximum atomic E-state index is 12.8. The fourth-order valence-electron chi connectivity index (χ4n) is 1.63. The van der Waals surface area contributed by atoms with E-state index in [1.165, 1.54) is 6.92 Å². The molecule has 0 saturated heterocycles. The summed E-state index contributed by atoms with van der Waals surface area (Å²) in [6, 6.07) is 1.39. The Bertz CT molecular complexity index is 480. The van der Waals surface area contributed by atoms with E-state index in [2.05, 4.69) is 4.74 Å². The van der Waals surface area contributed by atoms with Gasteiger partial charge in [0.2, 0.25) is 0 Å². The smallest absolute Gasteiger partial charge is 0.417 e. The molecule has 0 aliphatic heterocycles. The molecule has 0 aliphatic rings. The molecule has 0 aliphatic carbocycles. The van der Waals surface area contributed by atoms with E-state index in [0.717, 1.165) is 13.0 Å². The topological polar surface area (TPSA) is 26.3 Å². The molecule has 0 unspecified atom stereocenters. The van der Waals surface area contributed by atoms with Crippen LogP contribution in [-0.4, -0.2) is 12.4 Å². The molecule has 0 saturated carbocycles. The van der Waals surface area contributed by atoms with Crippen molar-refractivity contribution in [3.63, 3.8) is 0 Å². The van der Waals surface area contributed by atoms with E-state index in [-0.39, 0.29) is 12.0 Å². The zero-order chi connectivity index (χ0) is 14.8. The van der Waals surface area contributed by atoms with Gasteiger partial charge in [-0.1, -0.05) is 6.92 Å². The van der Waals surface area contributed by atoms with Crippen LogP contribution >= 0.6 is 0 Å². The van der Waals surface area contributed by atoms with Crippen molar-refractivity contribution in [3.05, 3.63) is 28.8 Å². The highest BCUT2D eigenvalue weighted by Gasteiger charge is 2.35. The van der Waals surface area contributed by atoms with E-state index >= 15 is 0 Å². The Morgan fingerprint density at radius 1 is 1.32 bits per heavy atom. The minimum Gasteiger partial charge on any atom is -0.435 e. The molecule has 0 amide bonds. The largest absolute Gasteiger partial charge is 0.435 e. The average molecular weight is 282 g/mol. The first kappa shape index (κ1) is 15.4. The third kappa shape index (κ3) is 3.65. The molecule has 0 aromatic heterocycles. The third-order valence-electron chi connectivity index (χ3n) is 2.48. The van der Waals surface area contributed by atoms with Crippen LogP contribution in [0.2, 0.25) is 0 Å². The molecule has 1 aromatic carbocycles. The summed E-state index contributed by atoms with van der Waals surface area (Å²) in [7, 11) is 0. The molecule has 7 heteroatoms. The van der Waals surface area contributed by atoms with E-state index in [9.17, 15) is 26.7 Å². The van der Waals surface area contributed by atoms with Crippen molar-refractivity contribution in [2.75, 3.05) is 0 Å². The summed E-state index contributed by atoms with van der Waals surface area (Å²) >= 11 is 0. The SMILES string of the molecule is CCc1cc(C(F)(F)F)c(C(C)=O)cc1OC(F)F. The minimum atomic E-state index is -4.73. The maximum Gasteiger partial charge on any atom is 0.417 e. The monoisotopic (exact) mass is 282 g/mol. The van der Waals surface area contributed by atoms with E-state index in [1.807, 2.05) is 0 Å². The average Bonchev–Trinajstić information content (AvgIpc) is 2.26. The van der Waals surface area contributed by atoms with Crippen molar-refractivity contribution in [2.24, 2.45) is 0 Å². The number of rotatable bonds is 4. The van der Waals surface area contributed by atoms with Gasteiger partial charge in [-0.25, -0.2) is 0 Å². The summed E-state index contributed by atoms with van der Waals surface area (Å²) in [5.41, 5.74) is -1.85. The van der Waals surface area contributed by atoms with E-state index in [1.54, 1.807) is 0 Å². The normalized spacial score (nSPS) is 11.8. The van der Waals surface area contributed by atoms with Crippen LogP contribution in [0.15, 0.2) is 12.1 Å². The van der Waals surface area contributed by atoms with E-state index in [0.29, 0.717) is 6.07 Å². The van der Waals surface area contributed by atoms with Crippen molar-refractivity contribution in [1.29, 1.82) is 0 Å². The zero-order valence-corrected chi connectivity index (χ0v) is 10.1. The van der Waals surface area contributed by atoms with Gasteiger partial charge < -0.3 is 4.74 Å². The van der Waals surface area contributed by atoms with Gasteiger partial charge in [0.15, 0.2) is 5.78 Å². The van der Waals surface area contributed by atoms with Gasteiger partial charge in [-0.15, -0.1) is 0 Å². The summed E-state index contributed by atoms with van der Waals surface area (Å²) in [4.78, 5) is 11.2. The number of aryl methyl sites for hydroxylation is 1. The molecule has 0 heterocycles. The Morgan fingerprint density at radius 3 is 2.26 bits per heavy atom. The van der Waals surface area contributed by atoms with Crippen molar-refractivity contribution < 1.29 is 31.5 Å². The molecule has 0 atom stereocenters. The molecule has 0 spiro atoms. The Labute approximate surface area is 106 Å². The number of benzene rings is 1. The second kappa shape index (κ2) is 5.54. The molecule has 1 aromatic rings. The van der Waals surface area contributed by atoms with Gasteiger partial charge in [-0.05, 0) is 31.0 Å². The van der Waals surface area contributed by atoms with Gasteiger partial charge in [-0.3, -0.25) is 4.79 Å². The lowest BCUT2D eigenvalue weighted by Crippen LogP contribution is -2.14. The molecular weight excluding hydrogens is 271 g/mol. The summed E-state index contributed by atoms with van der Waals surface area (Å²) in [6.45, 7) is -0.731. The highest BCUT2D eigenvalue weighted by atomic mass is 19.4. The van der Waals surface area contributed by atoms with Gasteiger partial charge in [0.05, 0.1) is 5.56 Å². The number of alkyl halides is 5. The number of carbonyl (C=O) groups is 1. The van der Waals surface area contributed by atoms with Crippen molar-refractivity contribution in [3.8, 4) is 5.75 Å². The summed E-state index contributed by atoms with van der Waals surface area (Å²) in [5.74, 6) is -1.27. The number of hydrogen-bond acceptors (Lipinski definition) is 2. The van der Waals surface area contributed by atoms with Gasteiger partial charge in [0, 0.05) is 5.56 Å². The van der Waals surface area contributed by atoms with Crippen LogP contribution in [0.4, 0.5) is 22.0 Å². The molecule has 0 fully saturated rings. The van der Waals surface area contributed by atoms with E-state index in [4.69, 9.17) is 0 Å². The highest BCUT2D eigenvalue weighted by molar-refractivity contribution is 5.96. The van der Waals surface area contributed by atoms with Crippen molar-refractivity contribution in [1.82, 2.24) is 0 Å². The molecule has 0 radical (unpaired) electrons. The lowest BCUT2D eigenvalue weighted by atomic mass is 9.98. The number of hydrogen-bond donors (Lipinski definition) is 0. The first-order valence-electron chi connectivity index (χ1n) is 5.36. The van der Waals surface area contributed by atoms with Crippen LogP contribution in [0.5, 0.6) is 5.75 Å². The van der Waals surface area contributed by atoms with Crippen molar-refractivity contribution in [2.45, 2.75) is 33.1 Å². The molecule has 106 valence electrons. The van der Waals surface area contributed by atoms with Gasteiger partial charge in [-0.2, -0.15) is 22.0 Å². The first-order chi connectivity index (χ1) is 8.66. The molecule has 0 N–H and O–H groups in total. The predicted molar refractivity (Wildman–Crippen MR) is 57.5 cm³/mol. The molecule has 0 bridgehead atoms. The van der Waals surface area contributed by atoms with Crippen LogP contribution in [0.25, 0.3) is 0 Å². The fraction of sp³-hybridized carbons (Fsp3) is 0.417. The standard InChI is InChI=1S/C12H11F5O2/c1-3-7-4-9(12(15,16)17)8(6(2)18)5-10(7)19-11(13)14/h4-5,11H,3H2,1-2H3.